The Balaban J connectivity index is 1.45. The van der Waals surface area contributed by atoms with E-state index in [0.29, 0.717) is 56.3 Å². The van der Waals surface area contributed by atoms with Gasteiger partial charge in [-0.3, -0.25) is 24.6 Å². The second-order valence-electron chi connectivity index (χ2n) is 9.60. The molecule has 10 heteroatoms. The molecule has 2 fully saturated rings. The molecule has 0 spiro atoms. The topological polar surface area (TPSA) is 122 Å². The van der Waals surface area contributed by atoms with Crippen LogP contribution in [0.4, 0.5) is 5.69 Å². The van der Waals surface area contributed by atoms with Crippen molar-refractivity contribution in [3.63, 3.8) is 0 Å². The Hall–Kier alpha value is -4.54. The Bertz CT molecular complexity index is 1420. The van der Waals surface area contributed by atoms with Gasteiger partial charge in [-0.15, -0.1) is 0 Å². The van der Waals surface area contributed by atoms with Crippen LogP contribution in [-0.2, 0) is 20.9 Å². The molecule has 1 N–H and O–H groups in total. The number of hydrogen-bond donors (Lipinski definition) is 1. The molecule has 3 aromatic carbocycles. The number of ether oxygens (including phenoxy) is 2. The molecule has 40 heavy (non-hydrogen) atoms. The lowest BCUT2D eigenvalue weighted by Gasteiger charge is -2.31. The van der Waals surface area contributed by atoms with Crippen LogP contribution >= 0.6 is 0 Å². The maximum Gasteiger partial charge on any atom is 0.295 e. The number of nitrogens with zero attached hydrogens (tertiary/aromatic N) is 3. The molecule has 1 unspecified atom stereocenters. The molecule has 0 bridgehead atoms. The maximum atomic E-state index is 13.3. The Labute approximate surface area is 231 Å². The second kappa shape index (κ2) is 12.1. The molecule has 3 aromatic rings. The van der Waals surface area contributed by atoms with Crippen LogP contribution in [-0.4, -0.2) is 70.9 Å². The van der Waals surface area contributed by atoms with Gasteiger partial charge in [-0.05, 0) is 35.4 Å². The molecule has 2 saturated heterocycles. The predicted octanol–water partition coefficient (Wildman–Crippen LogP) is 3.93. The highest BCUT2D eigenvalue weighted by Crippen LogP contribution is 2.40. The summed E-state index contributed by atoms with van der Waals surface area (Å²) < 4.78 is 11.2. The van der Waals surface area contributed by atoms with Crippen LogP contribution in [0.2, 0.25) is 0 Å². The van der Waals surface area contributed by atoms with Gasteiger partial charge in [-0.2, -0.15) is 0 Å². The van der Waals surface area contributed by atoms with E-state index in [2.05, 4.69) is 4.90 Å². The predicted molar refractivity (Wildman–Crippen MR) is 147 cm³/mol. The van der Waals surface area contributed by atoms with Gasteiger partial charge >= 0.3 is 0 Å². The van der Waals surface area contributed by atoms with E-state index in [1.54, 1.807) is 30.3 Å². The van der Waals surface area contributed by atoms with Crippen LogP contribution in [0, 0.1) is 10.1 Å². The minimum absolute atomic E-state index is 0.106. The van der Waals surface area contributed by atoms with E-state index in [4.69, 9.17) is 9.47 Å². The number of non-ortho nitro benzene ring substituents is 1. The van der Waals surface area contributed by atoms with Crippen molar-refractivity contribution >= 4 is 23.1 Å². The number of morpholine rings is 1. The number of aliphatic hydroxyl groups excluding tert-OH is 1. The van der Waals surface area contributed by atoms with Gasteiger partial charge in [0.1, 0.15) is 18.1 Å². The summed E-state index contributed by atoms with van der Waals surface area (Å²) in [5, 5.41) is 22.8. The number of nitro benzene ring substituents is 1. The van der Waals surface area contributed by atoms with Crippen LogP contribution in [0.5, 0.6) is 5.75 Å². The van der Waals surface area contributed by atoms with Gasteiger partial charge in [-0.25, -0.2) is 0 Å². The number of nitro groups is 1. The Morgan fingerprint density at radius 3 is 2.40 bits per heavy atom. The molecular weight excluding hydrogens is 514 g/mol. The van der Waals surface area contributed by atoms with Crippen molar-refractivity contribution in [3.8, 4) is 5.75 Å². The van der Waals surface area contributed by atoms with Crippen molar-refractivity contribution < 1.29 is 29.1 Å². The van der Waals surface area contributed by atoms with Gasteiger partial charge < -0.3 is 19.5 Å². The summed E-state index contributed by atoms with van der Waals surface area (Å²) in [7, 11) is 0. The molecule has 1 atom stereocenters. The lowest BCUT2D eigenvalue weighted by Crippen LogP contribution is -2.42. The number of amides is 1. The highest BCUT2D eigenvalue weighted by Gasteiger charge is 2.46. The SMILES string of the molecule is O=C1C(=O)N(CCN2CCOCC2)C(c2cccc([N+](=O)[O-])c2)/C1=C(\O)c1ccc(OCc2ccccc2)cc1. The smallest absolute Gasteiger partial charge is 0.295 e. The van der Waals surface area contributed by atoms with E-state index >= 15 is 0 Å². The molecule has 0 saturated carbocycles. The van der Waals surface area contributed by atoms with Crippen LogP contribution < -0.4 is 4.74 Å². The first-order valence-electron chi connectivity index (χ1n) is 13.0. The van der Waals surface area contributed by atoms with Crippen LogP contribution in [0.1, 0.15) is 22.7 Å². The fourth-order valence-corrected chi connectivity index (χ4v) is 4.94. The molecule has 206 valence electrons. The number of likely N-dealkylation sites (tertiary alicyclic amines) is 1. The fraction of sp³-hybridized carbons (Fsp3) is 0.267. The van der Waals surface area contributed by atoms with Gasteiger partial charge in [0.05, 0.1) is 29.8 Å². The lowest BCUT2D eigenvalue weighted by molar-refractivity contribution is -0.384. The number of Topliss-reactive ketones (excluding diaryl/α,β-unsaturated/α-hetero) is 1. The highest BCUT2D eigenvalue weighted by molar-refractivity contribution is 6.46. The molecule has 2 aliphatic heterocycles. The Morgan fingerprint density at radius 2 is 1.70 bits per heavy atom. The Kier molecular flexibility index (Phi) is 8.18. The fourth-order valence-electron chi connectivity index (χ4n) is 4.94. The Morgan fingerprint density at radius 1 is 0.975 bits per heavy atom. The minimum atomic E-state index is -0.977. The zero-order valence-electron chi connectivity index (χ0n) is 21.8. The van der Waals surface area contributed by atoms with Gasteiger partial charge in [0, 0.05) is 43.9 Å². The van der Waals surface area contributed by atoms with E-state index in [0.717, 1.165) is 5.56 Å². The third kappa shape index (κ3) is 5.88. The van der Waals surface area contributed by atoms with E-state index in [1.807, 2.05) is 30.3 Å². The van der Waals surface area contributed by atoms with Crippen molar-refractivity contribution in [2.24, 2.45) is 0 Å². The molecule has 0 aromatic heterocycles. The van der Waals surface area contributed by atoms with Gasteiger partial charge in [0.25, 0.3) is 17.4 Å². The summed E-state index contributed by atoms with van der Waals surface area (Å²) >= 11 is 0. The van der Waals surface area contributed by atoms with Crippen molar-refractivity contribution in [1.82, 2.24) is 9.80 Å². The van der Waals surface area contributed by atoms with Crippen LogP contribution in [0.15, 0.2) is 84.4 Å². The third-order valence-electron chi connectivity index (χ3n) is 7.07. The second-order valence-corrected chi connectivity index (χ2v) is 9.60. The number of ketones is 1. The van der Waals surface area contributed by atoms with Crippen molar-refractivity contribution in [3.05, 3.63) is 111 Å². The third-order valence-corrected chi connectivity index (χ3v) is 7.07. The maximum absolute atomic E-state index is 13.3. The molecule has 0 aliphatic carbocycles. The van der Waals surface area contributed by atoms with E-state index in [1.165, 1.54) is 23.1 Å². The van der Waals surface area contributed by atoms with Crippen molar-refractivity contribution in [2.75, 3.05) is 39.4 Å². The summed E-state index contributed by atoms with van der Waals surface area (Å²) in [6, 6.07) is 21.1. The quantitative estimate of drug-likeness (QED) is 0.142. The number of aliphatic hydroxyl groups is 1. The van der Waals surface area contributed by atoms with Crippen LogP contribution in [0.25, 0.3) is 5.76 Å². The summed E-state index contributed by atoms with van der Waals surface area (Å²) in [6.45, 7) is 3.63. The first-order chi connectivity index (χ1) is 19.4. The van der Waals surface area contributed by atoms with Crippen LogP contribution in [0.3, 0.4) is 0 Å². The minimum Gasteiger partial charge on any atom is -0.507 e. The molecule has 0 radical (unpaired) electrons. The standard InChI is InChI=1S/C30H29N3O7/c34-28(22-9-11-25(12-10-22)40-20-21-5-2-1-3-6-21)26-27(23-7-4-8-24(19-23)33(37)38)32(30(36)29(26)35)14-13-31-15-17-39-18-16-31/h1-12,19,27,34H,13-18,20H2/b28-26+. The molecular formula is C30H29N3O7. The van der Waals surface area contributed by atoms with E-state index in [-0.39, 0.29) is 23.6 Å². The molecule has 2 aliphatic rings. The van der Waals surface area contributed by atoms with Gasteiger partial charge in [-0.1, -0.05) is 42.5 Å². The number of rotatable bonds is 9. The first-order valence-corrected chi connectivity index (χ1v) is 13.0. The average Bonchev–Trinajstić information content (AvgIpc) is 3.25. The zero-order chi connectivity index (χ0) is 28.1. The van der Waals surface area contributed by atoms with Crippen molar-refractivity contribution in [2.45, 2.75) is 12.6 Å². The lowest BCUT2D eigenvalue weighted by atomic mass is 9.95. The number of carbonyl (C=O) groups excluding carboxylic acids is 2. The molecule has 5 rings (SSSR count). The average molecular weight is 544 g/mol. The number of benzene rings is 3. The highest BCUT2D eigenvalue weighted by atomic mass is 16.6. The summed E-state index contributed by atoms with van der Waals surface area (Å²) in [5.74, 6) is -1.37. The van der Waals surface area contributed by atoms with Gasteiger partial charge in [0.2, 0.25) is 0 Å². The zero-order valence-corrected chi connectivity index (χ0v) is 21.8. The summed E-state index contributed by atoms with van der Waals surface area (Å²) in [4.78, 5) is 41.0. The molecule has 1 amide bonds. The largest absolute Gasteiger partial charge is 0.507 e. The summed E-state index contributed by atoms with van der Waals surface area (Å²) in [5.41, 5.74) is 1.43. The monoisotopic (exact) mass is 543 g/mol. The summed E-state index contributed by atoms with van der Waals surface area (Å²) in [6.07, 6.45) is 0. The van der Waals surface area contributed by atoms with E-state index < -0.39 is 22.7 Å². The molecule has 10 nitrogen and oxygen atoms in total. The normalized spacial score (nSPS) is 19.1. The number of hydrogen-bond acceptors (Lipinski definition) is 8. The van der Waals surface area contributed by atoms with E-state index in [9.17, 15) is 24.8 Å². The van der Waals surface area contributed by atoms with Crippen molar-refractivity contribution in [1.29, 1.82) is 0 Å². The first kappa shape index (κ1) is 27.0. The van der Waals surface area contributed by atoms with Gasteiger partial charge in [0.15, 0.2) is 0 Å². The molecule has 2 heterocycles. The number of carbonyl (C=O) groups is 2.